The van der Waals surface area contributed by atoms with E-state index in [4.69, 9.17) is 14.2 Å². The summed E-state index contributed by atoms with van der Waals surface area (Å²) in [6.07, 6.45) is -3.23. The van der Waals surface area contributed by atoms with Crippen LogP contribution in [-0.2, 0) is 6.18 Å². The quantitative estimate of drug-likeness (QED) is 0.613. The largest absolute Gasteiger partial charge is 0.493 e. The molecular weight excluding hydrogens is 365 g/mol. The molecule has 0 aliphatic rings. The lowest BCUT2D eigenvalue weighted by molar-refractivity contribution is -0.137. The van der Waals surface area contributed by atoms with Crippen LogP contribution < -0.4 is 19.6 Å². The molecule has 0 saturated carbocycles. The van der Waals surface area contributed by atoms with E-state index in [-0.39, 0.29) is 5.56 Å². The number of alkyl halides is 3. The molecule has 2 aromatic carbocycles. The molecule has 0 aromatic heterocycles. The molecule has 2 aromatic rings. The molecule has 1 N–H and O–H groups in total. The molecule has 27 heavy (non-hydrogen) atoms. The Kier molecular flexibility index (Phi) is 6.27. The summed E-state index contributed by atoms with van der Waals surface area (Å²) in [5.74, 6) is 0.403. The van der Waals surface area contributed by atoms with Crippen LogP contribution in [0.2, 0.25) is 0 Å². The molecule has 0 bridgehead atoms. The number of hydrogen-bond acceptors (Lipinski definition) is 5. The van der Waals surface area contributed by atoms with Crippen LogP contribution in [0, 0.1) is 0 Å². The molecule has 2 rings (SSSR count). The van der Waals surface area contributed by atoms with Crippen molar-refractivity contribution in [3.63, 3.8) is 0 Å². The monoisotopic (exact) mass is 382 g/mol. The lowest BCUT2D eigenvalue weighted by Crippen LogP contribution is -2.18. The van der Waals surface area contributed by atoms with Crippen molar-refractivity contribution in [1.29, 1.82) is 0 Å². The average Bonchev–Trinajstić information content (AvgIpc) is 2.66. The van der Waals surface area contributed by atoms with E-state index in [1.54, 1.807) is 12.1 Å². The van der Waals surface area contributed by atoms with Crippen molar-refractivity contribution in [2.45, 2.75) is 6.18 Å². The van der Waals surface area contributed by atoms with Gasteiger partial charge in [-0.05, 0) is 30.3 Å². The Morgan fingerprint density at radius 1 is 1.04 bits per heavy atom. The topological polar surface area (TPSA) is 69.2 Å². The van der Waals surface area contributed by atoms with Crippen molar-refractivity contribution in [3.8, 4) is 17.2 Å². The average molecular weight is 382 g/mol. The highest BCUT2D eigenvalue weighted by Crippen LogP contribution is 2.37. The van der Waals surface area contributed by atoms with Crippen molar-refractivity contribution in [2.75, 3.05) is 21.3 Å². The number of methoxy groups -OCH3 is 3. The Balaban J connectivity index is 2.17. The molecule has 0 heterocycles. The first-order valence-corrected chi connectivity index (χ1v) is 7.60. The van der Waals surface area contributed by atoms with Crippen molar-refractivity contribution in [2.24, 2.45) is 5.10 Å². The first-order valence-electron chi connectivity index (χ1n) is 7.60. The molecule has 1 amide bonds. The number of rotatable bonds is 6. The molecule has 0 atom stereocenters. The number of amides is 1. The minimum Gasteiger partial charge on any atom is -0.493 e. The highest BCUT2D eigenvalue weighted by Gasteiger charge is 2.30. The number of nitrogens with zero attached hydrogens (tertiary/aromatic N) is 1. The van der Waals surface area contributed by atoms with E-state index in [0.717, 1.165) is 18.2 Å². The van der Waals surface area contributed by atoms with Gasteiger partial charge in [0.1, 0.15) is 0 Å². The molecule has 0 aliphatic carbocycles. The summed E-state index contributed by atoms with van der Waals surface area (Å²) < 4.78 is 53.7. The van der Waals surface area contributed by atoms with Crippen LogP contribution in [0.1, 0.15) is 21.5 Å². The summed E-state index contributed by atoms with van der Waals surface area (Å²) in [7, 11) is 4.37. The lowest BCUT2D eigenvalue weighted by atomic mass is 10.1. The van der Waals surface area contributed by atoms with Crippen molar-refractivity contribution in [3.05, 3.63) is 53.1 Å². The van der Waals surface area contributed by atoms with Gasteiger partial charge in [-0.15, -0.1) is 0 Å². The van der Waals surface area contributed by atoms with E-state index in [1.807, 2.05) is 0 Å². The van der Waals surface area contributed by atoms with Crippen LogP contribution in [0.4, 0.5) is 13.2 Å². The fourth-order valence-electron chi connectivity index (χ4n) is 2.24. The van der Waals surface area contributed by atoms with E-state index in [2.05, 4.69) is 10.5 Å². The van der Waals surface area contributed by atoms with Gasteiger partial charge in [0.15, 0.2) is 11.5 Å². The highest BCUT2D eigenvalue weighted by molar-refractivity contribution is 5.95. The molecule has 0 fully saturated rings. The van der Waals surface area contributed by atoms with E-state index >= 15 is 0 Å². The molecule has 0 saturated heterocycles. The van der Waals surface area contributed by atoms with Gasteiger partial charge in [0.25, 0.3) is 5.91 Å². The first kappa shape index (κ1) is 20.1. The number of ether oxygens (including phenoxy) is 3. The maximum Gasteiger partial charge on any atom is 0.416 e. The number of hydrogen-bond donors (Lipinski definition) is 1. The molecule has 0 unspecified atom stereocenters. The van der Waals surface area contributed by atoms with Crippen molar-refractivity contribution < 1.29 is 32.2 Å². The minimum absolute atomic E-state index is 0.160. The molecule has 6 nitrogen and oxygen atoms in total. The first-order chi connectivity index (χ1) is 12.8. The van der Waals surface area contributed by atoms with E-state index in [1.165, 1.54) is 33.6 Å². The van der Waals surface area contributed by atoms with Gasteiger partial charge in [-0.1, -0.05) is 6.07 Å². The third-order valence-corrected chi connectivity index (χ3v) is 3.52. The Labute approximate surface area is 153 Å². The summed E-state index contributed by atoms with van der Waals surface area (Å²) >= 11 is 0. The van der Waals surface area contributed by atoms with Crippen molar-refractivity contribution >= 4 is 12.1 Å². The Morgan fingerprint density at radius 2 is 1.67 bits per heavy atom. The standard InChI is InChI=1S/C18H17F3N2O4/c1-25-14-7-11(8-15(26-2)16(14)27-3)10-22-23-17(24)12-5-4-6-13(9-12)18(19,20)21/h4-10H,1-3H3,(H,23,24)/b22-10-. The molecular formula is C18H17F3N2O4. The van der Waals surface area contributed by atoms with Gasteiger partial charge in [-0.3, -0.25) is 4.79 Å². The predicted octanol–water partition coefficient (Wildman–Crippen LogP) is 3.50. The number of carbonyl (C=O) groups excluding carboxylic acids is 1. The highest BCUT2D eigenvalue weighted by atomic mass is 19.4. The zero-order valence-electron chi connectivity index (χ0n) is 14.8. The second kappa shape index (κ2) is 8.43. The number of halogens is 3. The van der Waals surface area contributed by atoms with Crippen LogP contribution in [0.5, 0.6) is 17.2 Å². The van der Waals surface area contributed by atoms with E-state index in [0.29, 0.717) is 22.8 Å². The Morgan fingerprint density at radius 3 is 2.19 bits per heavy atom. The van der Waals surface area contributed by atoms with E-state index in [9.17, 15) is 18.0 Å². The normalized spacial score (nSPS) is 11.3. The maximum absolute atomic E-state index is 12.7. The van der Waals surface area contributed by atoms with E-state index < -0.39 is 17.6 Å². The summed E-state index contributed by atoms with van der Waals surface area (Å²) in [6.45, 7) is 0. The Bertz CT molecular complexity index is 826. The van der Waals surface area contributed by atoms with Gasteiger partial charge in [0, 0.05) is 11.1 Å². The molecule has 0 radical (unpaired) electrons. The Hall–Kier alpha value is -3.23. The summed E-state index contributed by atoms with van der Waals surface area (Å²) in [6, 6.07) is 7.25. The van der Waals surface area contributed by atoms with Gasteiger partial charge in [0.2, 0.25) is 5.75 Å². The van der Waals surface area contributed by atoms with Gasteiger partial charge in [-0.25, -0.2) is 5.43 Å². The molecule has 0 spiro atoms. The molecule has 144 valence electrons. The number of hydrazone groups is 1. The fraction of sp³-hybridized carbons (Fsp3) is 0.222. The SMILES string of the molecule is COc1cc(/C=N\NC(=O)c2cccc(C(F)(F)F)c2)cc(OC)c1OC. The van der Waals surface area contributed by atoms with Crippen LogP contribution in [0.25, 0.3) is 0 Å². The fourth-order valence-corrected chi connectivity index (χ4v) is 2.24. The molecule has 9 heteroatoms. The zero-order chi connectivity index (χ0) is 20.0. The molecule has 0 aliphatic heterocycles. The van der Waals surface area contributed by atoms with Gasteiger partial charge in [0.05, 0.1) is 33.1 Å². The summed E-state index contributed by atoms with van der Waals surface area (Å²) in [5.41, 5.74) is 1.63. The van der Waals surface area contributed by atoms with Crippen molar-refractivity contribution in [1.82, 2.24) is 5.43 Å². The summed E-state index contributed by atoms with van der Waals surface area (Å²) in [4.78, 5) is 12.0. The lowest BCUT2D eigenvalue weighted by Gasteiger charge is -2.12. The second-order valence-corrected chi connectivity index (χ2v) is 5.24. The maximum atomic E-state index is 12.7. The second-order valence-electron chi connectivity index (χ2n) is 5.24. The van der Waals surface area contributed by atoms with Crippen LogP contribution in [-0.4, -0.2) is 33.5 Å². The minimum atomic E-state index is -4.53. The van der Waals surface area contributed by atoms with Crippen LogP contribution in [0.15, 0.2) is 41.5 Å². The zero-order valence-corrected chi connectivity index (χ0v) is 14.8. The number of carbonyl (C=O) groups is 1. The third-order valence-electron chi connectivity index (χ3n) is 3.52. The smallest absolute Gasteiger partial charge is 0.416 e. The van der Waals surface area contributed by atoms with Gasteiger partial charge in [-0.2, -0.15) is 18.3 Å². The van der Waals surface area contributed by atoms with Crippen LogP contribution in [0.3, 0.4) is 0 Å². The predicted molar refractivity (Wildman–Crippen MR) is 92.6 cm³/mol. The summed E-state index contributed by atoms with van der Waals surface area (Å²) in [5, 5.41) is 3.76. The number of nitrogens with one attached hydrogen (secondary N) is 1. The van der Waals surface area contributed by atoms with Crippen LogP contribution >= 0.6 is 0 Å². The van der Waals surface area contributed by atoms with Gasteiger partial charge < -0.3 is 14.2 Å². The third kappa shape index (κ3) is 4.90. The van der Waals surface area contributed by atoms with Gasteiger partial charge >= 0.3 is 6.18 Å². The number of benzene rings is 2.